The lowest BCUT2D eigenvalue weighted by Crippen LogP contribution is -2.31. The molecule has 16 heterocycles. The average Bonchev–Trinajstić information content (AvgIpc) is 1.58. The standard InChI is InChI=1S/4C24H23F3N6O2/c4*1-14-11-32(13-28-14)20-9-8-19(29-23(20)35-3)21-30-22-17(10-15(34-2)12-33(22)31-21)16-6-4-5-7-18(16)24(25,26)27/h4*4-9,11,13,15,17H,10,12H2,1-3H3/t2*15-,17+;2*15-,17-/m1010/s1. The summed E-state index contributed by atoms with van der Waals surface area (Å²) in [6, 6.07) is 36.6. The maximum absolute atomic E-state index is 13.8. The summed E-state index contributed by atoms with van der Waals surface area (Å²) in [5.74, 6) is 1.84. The largest absolute Gasteiger partial charge is 0.479 e. The number of fused-ring (bicyclic) bond motifs is 4. The highest BCUT2D eigenvalue weighted by Crippen LogP contribution is 2.48. The highest BCUT2D eigenvalue weighted by atomic mass is 19.4. The third-order valence-electron chi connectivity index (χ3n) is 24.5. The van der Waals surface area contributed by atoms with Crippen LogP contribution >= 0.6 is 0 Å². The zero-order chi connectivity index (χ0) is 99.0. The molecule has 0 N–H and O–H groups in total. The molecule has 0 amide bonds. The molecule has 0 saturated heterocycles. The number of methoxy groups -OCH3 is 8. The van der Waals surface area contributed by atoms with E-state index in [1.807, 2.05) is 76.7 Å². The van der Waals surface area contributed by atoms with Gasteiger partial charge in [-0.3, -0.25) is 0 Å². The van der Waals surface area contributed by atoms with Gasteiger partial charge in [0.2, 0.25) is 23.5 Å². The Morgan fingerprint density at radius 2 is 0.464 bits per heavy atom. The van der Waals surface area contributed by atoms with Crippen LogP contribution in [0.25, 0.3) is 68.8 Å². The summed E-state index contributed by atoms with van der Waals surface area (Å²) < 4.78 is 223. The molecule has 0 fully saturated rings. The van der Waals surface area contributed by atoms with Crippen LogP contribution in [0.2, 0.25) is 0 Å². The minimum Gasteiger partial charge on any atom is -0.479 e. The molecular formula is C96H92F12N24O8. The maximum Gasteiger partial charge on any atom is 0.416 e. The molecular weight excluding hydrogens is 1850 g/mol. The smallest absolute Gasteiger partial charge is 0.416 e. The Kier molecular flexibility index (Phi) is 27.6. The zero-order valence-corrected chi connectivity index (χ0v) is 77.3. The van der Waals surface area contributed by atoms with Crippen molar-refractivity contribution in [1.82, 2.24) is 117 Å². The van der Waals surface area contributed by atoms with Crippen molar-refractivity contribution in [2.24, 2.45) is 0 Å². The van der Waals surface area contributed by atoms with Gasteiger partial charge >= 0.3 is 24.7 Å². The lowest BCUT2D eigenvalue weighted by atomic mass is 9.86. The van der Waals surface area contributed by atoms with E-state index in [1.165, 1.54) is 77.0 Å². The minimum atomic E-state index is -4.49. The van der Waals surface area contributed by atoms with E-state index in [2.05, 4.69) is 80.2 Å². The van der Waals surface area contributed by atoms with Crippen molar-refractivity contribution in [2.45, 2.75) is 152 Å². The number of halogens is 12. The minimum absolute atomic E-state index is 0.151. The van der Waals surface area contributed by atoms with E-state index < -0.39 is 70.6 Å². The van der Waals surface area contributed by atoms with Gasteiger partial charge in [0.25, 0.3) is 0 Å². The molecule has 0 saturated carbocycles. The van der Waals surface area contributed by atoms with Gasteiger partial charge in [-0.2, -0.15) is 52.7 Å². The van der Waals surface area contributed by atoms with E-state index >= 15 is 0 Å². The Bertz CT molecular complexity index is 6280. The molecule has 728 valence electrons. The summed E-state index contributed by atoms with van der Waals surface area (Å²) in [6.07, 6.45) is -3.70. The van der Waals surface area contributed by atoms with Crippen LogP contribution in [0.5, 0.6) is 23.5 Å². The molecule has 0 unspecified atom stereocenters. The first-order valence-corrected chi connectivity index (χ1v) is 43.9. The number of alkyl halides is 12. The van der Waals surface area contributed by atoms with Gasteiger partial charge in [0.05, 0.1) is 149 Å². The Labute approximate surface area is 792 Å². The van der Waals surface area contributed by atoms with Gasteiger partial charge in [-0.1, -0.05) is 72.8 Å². The second kappa shape index (κ2) is 39.9. The molecule has 140 heavy (non-hydrogen) atoms. The number of rotatable bonds is 20. The van der Waals surface area contributed by atoms with Gasteiger partial charge in [-0.15, -0.1) is 20.4 Å². The number of nitrogens with zero attached hydrogens (tertiary/aromatic N) is 24. The molecule has 44 heteroatoms. The first kappa shape index (κ1) is 96.8. The SMILES string of the molecule is COc1nc(-c2nc3n(n2)C[C@@H](OC)C[C@@H]3c2ccccc2C(F)(F)F)ccc1-n1cnc(C)c1.COc1nc(-c2nc3n(n2)C[C@@H](OC)C[C@H]3c2ccccc2C(F)(F)F)ccc1-n1cnc(C)c1.COc1nc(-c2nc3n(n2)C[C@H](OC)C[C@@H]3c2ccccc2C(F)(F)F)ccc1-n1cnc(C)c1.COc1nc(-c2nc3n(n2)C[C@H](OC)C[C@H]3c2ccccc2C(F)(F)F)ccc1-n1cnc(C)c1. The molecule has 16 aromatic rings. The van der Waals surface area contributed by atoms with Crippen molar-refractivity contribution in [3.63, 3.8) is 0 Å². The number of aromatic nitrogens is 24. The van der Waals surface area contributed by atoms with Crippen molar-refractivity contribution in [1.29, 1.82) is 0 Å². The zero-order valence-electron chi connectivity index (χ0n) is 77.3. The van der Waals surface area contributed by atoms with Crippen LogP contribution in [0.3, 0.4) is 0 Å². The number of benzene rings is 4. The number of aryl methyl sites for hydroxylation is 4. The van der Waals surface area contributed by atoms with Crippen LogP contribution in [0.15, 0.2) is 196 Å². The van der Waals surface area contributed by atoms with Crippen molar-refractivity contribution >= 4 is 0 Å². The van der Waals surface area contributed by atoms with Crippen molar-refractivity contribution in [3.8, 4) is 92.3 Å². The normalized spacial score (nSPS) is 17.9. The van der Waals surface area contributed by atoms with Gasteiger partial charge in [0.15, 0.2) is 23.3 Å². The quantitative estimate of drug-likeness (QED) is 0.0640. The molecule has 4 aliphatic heterocycles. The van der Waals surface area contributed by atoms with Gasteiger partial charge in [0, 0.05) is 76.9 Å². The number of ether oxygens (including phenoxy) is 8. The van der Waals surface area contributed by atoms with Gasteiger partial charge in [0.1, 0.15) is 68.8 Å². The molecule has 20 rings (SSSR count). The van der Waals surface area contributed by atoms with Crippen LogP contribution in [-0.2, 0) is 69.8 Å². The van der Waals surface area contributed by atoms with E-state index in [-0.39, 0.29) is 46.7 Å². The summed E-state index contributed by atoms with van der Waals surface area (Å²) in [4.78, 5) is 53.8. The summed E-state index contributed by atoms with van der Waals surface area (Å²) in [7, 11) is 12.2. The number of imidazole rings is 4. The van der Waals surface area contributed by atoms with E-state index in [0.29, 0.717) is 168 Å². The van der Waals surface area contributed by atoms with Crippen LogP contribution in [0.4, 0.5) is 52.7 Å². The Balaban J connectivity index is 0.000000129. The van der Waals surface area contributed by atoms with E-state index in [9.17, 15) is 52.7 Å². The average molecular weight is 1940 g/mol. The topological polar surface area (TPSA) is 320 Å². The summed E-state index contributed by atoms with van der Waals surface area (Å²) in [6.45, 7) is 9.05. The fourth-order valence-corrected chi connectivity index (χ4v) is 17.8. The second-order valence-corrected chi connectivity index (χ2v) is 33.4. The van der Waals surface area contributed by atoms with Gasteiger partial charge in [-0.05, 0) is 148 Å². The van der Waals surface area contributed by atoms with E-state index in [0.717, 1.165) is 47.0 Å². The Hall–Kier alpha value is -14.9. The Morgan fingerprint density at radius 1 is 0.264 bits per heavy atom. The first-order valence-electron chi connectivity index (χ1n) is 43.9. The van der Waals surface area contributed by atoms with Crippen LogP contribution < -0.4 is 18.9 Å². The third-order valence-corrected chi connectivity index (χ3v) is 24.5. The number of hydrogen-bond acceptors (Lipinski definition) is 24. The maximum atomic E-state index is 13.8. The molecule has 0 radical (unpaired) electrons. The van der Waals surface area contributed by atoms with E-state index in [1.54, 1.807) is 139 Å². The third kappa shape index (κ3) is 20.2. The lowest BCUT2D eigenvalue weighted by molar-refractivity contribution is -0.139. The van der Waals surface area contributed by atoms with Crippen molar-refractivity contribution in [2.75, 3.05) is 56.9 Å². The monoisotopic (exact) mass is 1940 g/mol. The summed E-state index contributed by atoms with van der Waals surface area (Å²) >= 11 is 0. The van der Waals surface area contributed by atoms with Crippen LogP contribution in [-0.4, -0.2) is 198 Å². The molecule has 0 bridgehead atoms. The molecule has 4 aromatic carbocycles. The van der Waals surface area contributed by atoms with Crippen molar-refractivity contribution < 1.29 is 90.6 Å². The number of hydrogen-bond donors (Lipinski definition) is 0. The highest BCUT2D eigenvalue weighted by molar-refractivity contribution is 5.61. The first-order chi connectivity index (χ1) is 67.1. The molecule has 12 aromatic heterocycles. The Morgan fingerprint density at radius 3 is 0.636 bits per heavy atom. The lowest BCUT2D eigenvalue weighted by Gasteiger charge is -2.30. The fourth-order valence-electron chi connectivity index (χ4n) is 17.8. The predicted molar refractivity (Wildman–Crippen MR) is 481 cm³/mol. The van der Waals surface area contributed by atoms with Crippen LogP contribution in [0, 0.1) is 27.7 Å². The van der Waals surface area contributed by atoms with E-state index in [4.69, 9.17) is 37.9 Å². The molecule has 8 atom stereocenters. The highest BCUT2D eigenvalue weighted by Gasteiger charge is 2.45. The predicted octanol–water partition coefficient (Wildman–Crippen LogP) is 17.6. The van der Waals surface area contributed by atoms with Crippen LogP contribution in [0.1, 0.15) is 140 Å². The van der Waals surface area contributed by atoms with Gasteiger partial charge < -0.3 is 56.2 Å². The molecule has 32 nitrogen and oxygen atoms in total. The molecule has 0 spiro atoms. The molecule has 0 aliphatic carbocycles. The molecule has 4 aliphatic rings. The second-order valence-electron chi connectivity index (χ2n) is 33.4. The van der Waals surface area contributed by atoms with Gasteiger partial charge in [-0.25, -0.2) is 78.5 Å². The fraction of sp³-hybridized carbons (Fsp3) is 0.333. The van der Waals surface area contributed by atoms with Crippen molar-refractivity contribution in [3.05, 3.63) is 286 Å². The number of pyridine rings is 4. The summed E-state index contributed by atoms with van der Waals surface area (Å²) in [5.41, 5.74) is 5.80. The summed E-state index contributed by atoms with van der Waals surface area (Å²) in [5, 5.41) is 18.3.